The number of carbonyl (C=O) groups excluding carboxylic acids is 1. The fraction of sp³-hybridized carbons (Fsp3) is 0.438. The fourth-order valence-corrected chi connectivity index (χ4v) is 2.45. The molecule has 0 aromatic heterocycles. The van der Waals surface area contributed by atoms with Crippen LogP contribution in [-0.2, 0) is 9.53 Å². The molecule has 0 aliphatic carbocycles. The van der Waals surface area contributed by atoms with Crippen LogP contribution in [0.4, 0.5) is 5.69 Å². The number of hydrogen-bond acceptors (Lipinski definition) is 4. The number of rotatable bonds is 5. The van der Waals surface area contributed by atoms with Gasteiger partial charge in [-0.1, -0.05) is 17.7 Å². The average Bonchev–Trinajstić information content (AvgIpc) is 2.49. The van der Waals surface area contributed by atoms with E-state index in [1.165, 1.54) is 11.8 Å². The Morgan fingerprint density at radius 1 is 1.24 bits per heavy atom. The quantitative estimate of drug-likeness (QED) is 0.618. The van der Waals surface area contributed by atoms with Gasteiger partial charge in [-0.3, -0.25) is 4.90 Å². The van der Waals surface area contributed by atoms with Gasteiger partial charge in [0.15, 0.2) is 0 Å². The van der Waals surface area contributed by atoms with Crippen LogP contribution in [0.2, 0.25) is 5.02 Å². The first-order valence-electron chi connectivity index (χ1n) is 7.25. The van der Waals surface area contributed by atoms with E-state index >= 15 is 0 Å². The number of carbonyl (C=O) groups is 1. The van der Waals surface area contributed by atoms with Crippen molar-refractivity contribution in [3.05, 3.63) is 41.4 Å². The maximum absolute atomic E-state index is 11.2. The lowest BCUT2D eigenvalue weighted by molar-refractivity contribution is -0.137. The summed E-state index contributed by atoms with van der Waals surface area (Å²) in [7, 11) is 0. The van der Waals surface area contributed by atoms with Crippen LogP contribution >= 0.6 is 11.6 Å². The molecule has 0 atom stereocenters. The highest BCUT2D eigenvalue weighted by Crippen LogP contribution is 2.19. The van der Waals surface area contributed by atoms with Gasteiger partial charge in [-0.05, 0) is 31.2 Å². The Kier molecular flexibility index (Phi) is 6.08. The van der Waals surface area contributed by atoms with E-state index in [4.69, 9.17) is 16.3 Å². The number of piperazine rings is 1. The lowest BCUT2D eigenvalue weighted by Gasteiger charge is -2.35. The van der Waals surface area contributed by atoms with Crippen LogP contribution < -0.4 is 4.90 Å². The van der Waals surface area contributed by atoms with Crippen molar-refractivity contribution >= 4 is 23.3 Å². The highest BCUT2D eigenvalue weighted by atomic mass is 35.5. The molecule has 5 heteroatoms. The number of halogens is 1. The van der Waals surface area contributed by atoms with Gasteiger partial charge in [0.1, 0.15) is 0 Å². The summed E-state index contributed by atoms with van der Waals surface area (Å²) < 4.78 is 4.85. The molecule has 1 saturated heterocycles. The summed E-state index contributed by atoms with van der Waals surface area (Å²) in [5, 5.41) is 0.765. The normalized spacial score (nSPS) is 16.4. The van der Waals surface area contributed by atoms with E-state index in [1.54, 1.807) is 0 Å². The molecule has 1 aliphatic rings. The zero-order chi connectivity index (χ0) is 15.1. The standard InChI is InChI=1S/C16H21ClN2O2/c1-2-21-16(20)4-3-9-18-10-12-19(13-11-18)15-7-5-14(17)6-8-15/h3-8H,2,9-13H2,1H3/b4-3+. The van der Waals surface area contributed by atoms with Crippen LogP contribution in [0, 0.1) is 0 Å². The summed E-state index contributed by atoms with van der Waals surface area (Å²) >= 11 is 5.91. The highest BCUT2D eigenvalue weighted by molar-refractivity contribution is 6.30. The number of anilines is 1. The summed E-state index contributed by atoms with van der Waals surface area (Å²) in [5.41, 5.74) is 1.21. The van der Waals surface area contributed by atoms with E-state index in [0.29, 0.717) is 6.61 Å². The van der Waals surface area contributed by atoms with E-state index < -0.39 is 0 Å². The van der Waals surface area contributed by atoms with Gasteiger partial charge >= 0.3 is 5.97 Å². The number of ether oxygens (including phenoxy) is 1. The monoisotopic (exact) mass is 308 g/mol. The third kappa shape index (κ3) is 5.06. The topological polar surface area (TPSA) is 32.8 Å². The third-order valence-electron chi connectivity index (χ3n) is 3.47. The Morgan fingerprint density at radius 2 is 1.90 bits per heavy atom. The van der Waals surface area contributed by atoms with E-state index in [9.17, 15) is 4.79 Å². The van der Waals surface area contributed by atoms with Gasteiger partial charge in [-0.15, -0.1) is 0 Å². The maximum Gasteiger partial charge on any atom is 0.330 e. The first-order chi connectivity index (χ1) is 10.2. The molecule has 0 saturated carbocycles. The van der Waals surface area contributed by atoms with Gasteiger partial charge in [0.05, 0.1) is 6.61 Å². The molecule has 0 spiro atoms. The first-order valence-corrected chi connectivity index (χ1v) is 7.63. The Labute approximate surface area is 130 Å². The molecule has 0 unspecified atom stereocenters. The van der Waals surface area contributed by atoms with Crippen LogP contribution in [-0.4, -0.2) is 50.2 Å². The van der Waals surface area contributed by atoms with Crippen LogP contribution in [0.15, 0.2) is 36.4 Å². The average molecular weight is 309 g/mol. The number of benzene rings is 1. The molecule has 1 aliphatic heterocycles. The van der Waals surface area contributed by atoms with Crippen LogP contribution in [0.5, 0.6) is 0 Å². The van der Waals surface area contributed by atoms with Crippen LogP contribution in [0.25, 0.3) is 0 Å². The molecular weight excluding hydrogens is 288 g/mol. The minimum Gasteiger partial charge on any atom is -0.463 e. The summed E-state index contributed by atoms with van der Waals surface area (Å²) in [6.07, 6.45) is 3.38. The Bertz CT molecular complexity index is 480. The van der Waals surface area contributed by atoms with Crippen LogP contribution in [0.3, 0.4) is 0 Å². The second-order valence-corrected chi connectivity index (χ2v) is 5.35. The Hall–Kier alpha value is -1.52. The molecule has 1 aromatic carbocycles. The summed E-state index contributed by atoms with van der Waals surface area (Å²) in [6.45, 7) is 6.94. The van der Waals surface area contributed by atoms with Crippen molar-refractivity contribution in [1.29, 1.82) is 0 Å². The van der Waals surface area contributed by atoms with Crippen molar-refractivity contribution in [2.24, 2.45) is 0 Å². The molecule has 1 heterocycles. The molecule has 1 aromatic rings. The predicted molar refractivity (Wildman–Crippen MR) is 85.9 cm³/mol. The Morgan fingerprint density at radius 3 is 2.52 bits per heavy atom. The van der Waals surface area contributed by atoms with Gasteiger partial charge in [-0.2, -0.15) is 0 Å². The molecule has 1 fully saturated rings. The lowest BCUT2D eigenvalue weighted by Crippen LogP contribution is -2.46. The van der Waals surface area contributed by atoms with E-state index in [1.807, 2.05) is 25.1 Å². The summed E-state index contributed by atoms with van der Waals surface area (Å²) in [5.74, 6) is -0.266. The molecule has 0 bridgehead atoms. The van der Waals surface area contributed by atoms with E-state index in [2.05, 4.69) is 21.9 Å². The zero-order valence-electron chi connectivity index (χ0n) is 12.3. The highest BCUT2D eigenvalue weighted by Gasteiger charge is 2.16. The van der Waals surface area contributed by atoms with Gasteiger partial charge in [0.25, 0.3) is 0 Å². The second-order valence-electron chi connectivity index (χ2n) is 4.92. The van der Waals surface area contributed by atoms with Crippen molar-refractivity contribution in [2.75, 3.05) is 44.2 Å². The van der Waals surface area contributed by atoms with Crippen molar-refractivity contribution in [2.45, 2.75) is 6.92 Å². The van der Waals surface area contributed by atoms with Gasteiger partial charge in [0.2, 0.25) is 0 Å². The summed E-state index contributed by atoms with van der Waals surface area (Å²) in [6, 6.07) is 7.95. The molecule has 0 radical (unpaired) electrons. The molecule has 4 nitrogen and oxygen atoms in total. The molecule has 0 N–H and O–H groups in total. The predicted octanol–water partition coefficient (Wildman–Crippen LogP) is 2.58. The maximum atomic E-state index is 11.2. The summed E-state index contributed by atoms with van der Waals surface area (Å²) in [4.78, 5) is 15.9. The molecular formula is C16H21ClN2O2. The number of nitrogens with zero attached hydrogens (tertiary/aromatic N) is 2. The first kappa shape index (κ1) is 15.9. The number of hydrogen-bond donors (Lipinski definition) is 0. The fourth-order valence-electron chi connectivity index (χ4n) is 2.33. The van der Waals surface area contributed by atoms with E-state index in [-0.39, 0.29) is 5.97 Å². The van der Waals surface area contributed by atoms with Gasteiger partial charge < -0.3 is 9.64 Å². The van der Waals surface area contributed by atoms with Gasteiger partial charge in [-0.25, -0.2) is 4.79 Å². The molecule has 21 heavy (non-hydrogen) atoms. The minimum atomic E-state index is -0.266. The van der Waals surface area contributed by atoms with Crippen LogP contribution in [0.1, 0.15) is 6.92 Å². The Balaban J connectivity index is 1.75. The van der Waals surface area contributed by atoms with Crippen molar-refractivity contribution in [3.63, 3.8) is 0 Å². The number of esters is 1. The smallest absolute Gasteiger partial charge is 0.330 e. The third-order valence-corrected chi connectivity index (χ3v) is 3.72. The SMILES string of the molecule is CCOC(=O)/C=C/CN1CCN(c2ccc(Cl)cc2)CC1. The van der Waals surface area contributed by atoms with Gasteiger partial charge in [0, 0.05) is 49.5 Å². The molecule has 0 amide bonds. The van der Waals surface area contributed by atoms with Crippen molar-refractivity contribution < 1.29 is 9.53 Å². The minimum absolute atomic E-state index is 0.266. The van der Waals surface area contributed by atoms with Crippen molar-refractivity contribution in [1.82, 2.24) is 4.90 Å². The lowest BCUT2D eigenvalue weighted by atomic mass is 10.2. The molecule has 2 rings (SSSR count). The molecule has 114 valence electrons. The van der Waals surface area contributed by atoms with Crippen molar-refractivity contribution in [3.8, 4) is 0 Å². The second kappa shape index (κ2) is 8.05. The van der Waals surface area contributed by atoms with E-state index in [0.717, 1.165) is 37.7 Å². The largest absolute Gasteiger partial charge is 0.463 e. The zero-order valence-corrected chi connectivity index (χ0v) is 13.1.